The molecule has 1 aliphatic heterocycles. The number of aryl methyl sites for hydroxylation is 1. The number of carbonyl (C=O) groups is 3. The molecule has 10 nitrogen and oxygen atoms in total. The van der Waals surface area contributed by atoms with E-state index >= 15 is 0 Å². The van der Waals surface area contributed by atoms with Crippen molar-refractivity contribution in [1.82, 2.24) is 35.1 Å². The molecule has 35 heavy (non-hydrogen) atoms. The summed E-state index contributed by atoms with van der Waals surface area (Å²) in [5.74, 6) is 0.303. The lowest BCUT2D eigenvalue weighted by Gasteiger charge is -2.35. The van der Waals surface area contributed by atoms with Crippen molar-refractivity contribution < 1.29 is 14.4 Å². The molecule has 3 heterocycles. The number of rotatable bonds is 4. The van der Waals surface area contributed by atoms with Gasteiger partial charge in [-0.15, -0.1) is 0 Å². The van der Waals surface area contributed by atoms with E-state index in [1.165, 1.54) is 6.20 Å². The van der Waals surface area contributed by atoms with Crippen LogP contribution in [-0.2, 0) is 24.7 Å². The molecule has 4 rings (SSSR count). The van der Waals surface area contributed by atoms with E-state index in [2.05, 4.69) is 34.5 Å². The number of nitrogens with one attached hydrogen (secondary N) is 2. The van der Waals surface area contributed by atoms with Crippen molar-refractivity contribution in [3.05, 3.63) is 34.9 Å². The monoisotopic (exact) mass is 483 g/mol. The molecule has 2 aromatic rings. The van der Waals surface area contributed by atoms with Gasteiger partial charge in [-0.25, -0.2) is 0 Å². The van der Waals surface area contributed by atoms with Crippen molar-refractivity contribution in [2.75, 3.05) is 26.2 Å². The van der Waals surface area contributed by atoms with E-state index < -0.39 is 0 Å². The number of H-pyrrole nitrogens is 1. The fourth-order valence-corrected chi connectivity index (χ4v) is 5.11. The van der Waals surface area contributed by atoms with Gasteiger partial charge in [0.05, 0.1) is 11.8 Å². The Morgan fingerprint density at radius 2 is 2.00 bits per heavy atom. The smallest absolute Gasteiger partial charge is 0.272 e. The van der Waals surface area contributed by atoms with E-state index in [0.717, 1.165) is 30.5 Å². The van der Waals surface area contributed by atoms with Gasteiger partial charge < -0.3 is 15.1 Å². The standard InChI is InChI=1S/C25H37N7O3/c1-17(2)9-13-32-19-7-8-21-20(14-19)23(29-30(21)3)24(34)26-10-5-12-31(11-4-6-22(32)33)25(35)18-15-27-28-16-18/h15-17,19H,4-14H2,1-3H3,(H,26,34)(H,27,28). The minimum atomic E-state index is -0.190. The van der Waals surface area contributed by atoms with E-state index in [0.29, 0.717) is 69.0 Å². The van der Waals surface area contributed by atoms with Crippen LogP contribution in [0.3, 0.4) is 0 Å². The number of nitrogens with zero attached hydrogens (tertiary/aromatic N) is 5. The molecule has 0 fully saturated rings. The van der Waals surface area contributed by atoms with Gasteiger partial charge in [0.25, 0.3) is 11.8 Å². The van der Waals surface area contributed by atoms with Crippen LogP contribution in [-0.4, -0.2) is 79.7 Å². The Morgan fingerprint density at radius 1 is 1.20 bits per heavy atom. The second-order valence-electron chi connectivity index (χ2n) is 10.1. The molecule has 0 radical (unpaired) electrons. The average molecular weight is 484 g/mol. The van der Waals surface area contributed by atoms with Crippen LogP contribution >= 0.6 is 0 Å². The van der Waals surface area contributed by atoms with Gasteiger partial charge in [-0.2, -0.15) is 10.2 Å². The highest BCUT2D eigenvalue weighted by atomic mass is 16.2. The minimum absolute atomic E-state index is 0.0540. The van der Waals surface area contributed by atoms with Crippen molar-refractivity contribution in [2.45, 2.75) is 64.8 Å². The maximum atomic E-state index is 13.4. The normalized spacial score (nSPS) is 19.9. The highest BCUT2D eigenvalue weighted by Crippen LogP contribution is 2.28. The molecular formula is C25H37N7O3. The maximum Gasteiger partial charge on any atom is 0.272 e. The Morgan fingerprint density at radius 3 is 2.74 bits per heavy atom. The van der Waals surface area contributed by atoms with E-state index in [-0.39, 0.29) is 23.8 Å². The van der Waals surface area contributed by atoms with Crippen LogP contribution in [0.15, 0.2) is 12.4 Å². The number of hydrogen-bond acceptors (Lipinski definition) is 5. The zero-order chi connectivity index (χ0) is 24.9. The predicted octanol–water partition coefficient (Wildman–Crippen LogP) is 1.93. The predicted molar refractivity (Wildman–Crippen MR) is 131 cm³/mol. The summed E-state index contributed by atoms with van der Waals surface area (Å²) in [5.41, 5.74) is 3.01. The van der Waals surface area contributed by atoms with Crippen LogP contribution in [0, 0.1) is 5.92 Å². The molecule has 1 aliphatic carbocycles. The Balaban J connectivity index is 1.59. The van der Waals surface area contributed by atoms with Gasteiger partial charge in [0.15, 0.2) is 5.69 Å². The first kappa shape index (κ1) is 24.9. The maximum absolute atomic E-state index is 13.4. The van der Waals surface area contributed by atoms with Crippen molar-refractivity contribution in [3.63, 3.8) is 0 Å². The van der Waals surface area contributed by atoms with Crippen molar-refractivity contribution >= 4 is 17.7 Å². The largest absolute Gasteiger partial charge is 0.351 e. The van der Waals surface area contributed by atoms with Crippen LogP contribution in [0.25, 0.3) is 0 Å². The highest BCUT2D eigenvalue weighted by molar-refractivity contribution is 5.94. The van der Waals surface area contributed by atoms with Gasteiger partial charge in [-0.05, 0) is 44.4 Å². The van der Waals surface area contributed by atoms with E-state index in [1.54, 1.807) is 11.1 Å². The third-order valence-corrected chi connectivity index (χ3v) is 7.09. The molecule has 1 atom stereocenters. The molecule has 190 valence electrons. The first-order chi connectivity index (χ1) is 16.8. The summed E-state index contributed by atoms with van der Waals surface area (Å²) in [6, 6.07) is 0.0540. The molecular weight excluding hydrogens is 446 g/mol. The lowest BCUT2D eigenvalue weighted by molar-refractivity contribution is -0.134. The first-order valence-electron chi connectivity index (χ1n) is 12.8. The summed E-state index contributed by atoms with van der Waals surface area (Å²) in [4.78, 5) is 43.3. The third-order valence-electron chi connectivity index (χ3n) is 7.09. The molecule has 0 spiro atoms. The lowest BCUT2D eigenvalue weighted by atomic mass is 9.89. The van der Waals surface area contributed by atoms with Crippen LogP contribution in [0.4, 0.5) is 0 Å². The first-order valence-corrected chi connectivity index (χ1v) is 12.8. The molecule has 0 saturated heterocycles. The van der Waals surface area contributed by atoms with Gasteiger partial charge in [0, 0.05) is 63.1 Å². The molecule has 1 unspecified atom stereocenters. The number of hydrogen-bond donors (Lipinski definition) is 2. The zero-order valence-corrected chi connectivity index (χ0v) is 21.0. The van der Waals surface area contributed by atoms with Gasteiger partial charge in [-0.3, -0.25) is 24.2 Å². The van der Waals surface area contributed by atoms with Gasteiger partial charge in [0.1, 0.15) is 0 Å². The number of carbonyl (C=O) groups excluding carboxylic acids is 3. The second-order valence-corrected chi connectivity index (χ2v) is 10.1. The Labute approximate surface area is 206 Å². The summed E-state index contributed by atoms with van der Waals surface area (Å²) >= 11 is 0. The molecule has 2 aromatic heterocycles. The zero-order valence-electron chi connectivity index (χ0n) is 21.0. The second kappa shape index (κ2) is 11.0. The molecule has 10 heteroatoms. The number of fused-ring (bicyclic) bond motifs is 1. The average Bonchev–Trinajstić information content (AvgIpc) is 3.48. The highest BCUT2D eigenvalue weighted by Gasteiger charge is 2.33. The number of aromatic amines is 1. The van der Waals surface area contributed by atoms with Crippen LogP contribution in [0.5, 0.6) is 0 Å². The summed E-state index contributed by atoms with van der Waals surface area (Å²) < 4.78 is 1.81. The van der Waals surface area contributed by atoms with E-state index in [9.17, 15) is 14.4 Å². The molecule has 2 aliphatic rings. The Bertz CT molecular complexity index is 1040. The van der Waals surface area contributed by atoms with Gasteiger partial charge in [0.2, 0.25) is 5.91 Å². The van der Waals surface area contributed by atoms with E-state index in [1.807, 2.05) is 16.6 Å². The summed E-state index contributed by atoms with van der Waals surface area (Å²) in [6.45, 7) is 6.45. The van der Waals surface area contributed by atoms with E-state index in [4.69, 9.17) is 0 Å². The summed E-state index contributed by atoms with van der Waals surface area (Å²) in [7, 11) is 1.88. The topological polar surface area (TPSA) is 116 Å². The fraction of sp³-hybridized carbons (Fsp3) is 0.640. The lowest BCUT2D eigenvalue weighted by Crippen LogP contribution is -2.45. The molecule has 2 bridgehead atoms. The van der Waals surface area contributed by atoms with Crippen LogP contribution < -0.4 is 5.32 Å². The molecule has 2 N–H and O–H groups in total. The number of amides is 3. The van der Waals surface area contributed by atoms with Crippen molar-refractivity contribution in [3.8, 4) is 0 Å². The van der Waals surface area contributed by atoms with Gasteiger partial charge >= 0.3 is 0 Å². The van der Waals surface area contributed by atoms with Crippen LogP contribution in [0.2, 0.25) is 0 Å². The molecule has 3 amide bonds. The SMILES string of the molecule is CC(C)CCN1C(=O)CCCN(C(=O)c2cn[nH]c2)CCCNC(=O)c2nn(C)c3c2CC1CC3. The third kappa shape index (κ3) is 5.74. The Hall–Kier alpha value is -3.17. The fourth-order valence-electron chi connectivity index (χ4n) is 5.11. The summed E-state index contributed by atoms with van der Waals surface area (Å²) in [5, 5.41) is 14.1. The Kier molecular flexibility index (Phi) is 7.87. The van der Waals surface area contributed by atoms with Crippen molar-refractivity contribution in [1.29, 1.82) is 0 Å². The number of aromatic nitrogens is 4. The summed E-state index contributed by atoms with van der Waals surface area (Å²) in [6.07, 6.45) is 7.95. The van der Waals surface area contributed by atoms with Gasteiger partial charge in [-0.1, -0.05) is 13.8 Å². The quantitative estimate of drug-likeness (QED) is 0.689. The molecule has 0 aromatic carbocycles. The van der Waals surface area contributed by atoms with Crippen LogP contribution in [0.1, 0.15) is 78.1 Å². The molecule has 0 saturated carbocycles. The van der Waals surface area contributed by atoms with Crippen molar-refractivity contribution in [2.24, 2.45) is 13.0 Å². The minimum Gasteiger partial charge on any atom is -0.351 e.